The van der Waals surface area contributed by atoms with Crippen molar-refractivity contribution in [3.63, 3.8) is 0 Å². The van der Waals surface area contributed by atoms with E-state index in [1.54, 1.807) is 30.0 Å². The van der Waals surface area contributed by atoms with E-state index in [2.05, 4.69) is 10.0 Å². The summed E-state index contributed by atoms with van der Waals surface area (Å²) in [5.41, 5.74) is 0.520. The van der Waals surface area contributed by atoms with Crippen molar-refractivity contribution in [2.75, 3.05) is 17.5 Å². The van der Waals surface area contributed by atoms with Gasteiger partial charge in [0.05, 0.1) is 12.2 Å². The Labute approximate surface area is 129 Å². The molecule has 0 aliphatic heterocycles. The molecule has 5 nitrogen and oxygen atoms in total. The number of nitrogens with one attached hydrogen (secondary N) is 2. The Kier molecular flexibility index (Phi) is 5.33. The van der Waals surface area contributed by atoms with Crippen LogP contribution in [0.25, 0.3) is 0 Å². The van der Waals surface area contributed by atoms with Crippen LogP contribution in [0.5, 0.6) is 0 Å². The molecule has 21 heavy (non-hydrogen) atoms. The van der Waals surface area contributed by atoms with Crippen molar-refractivity contribution in [1.82, 2.24) is 5.32 Å². The lowest BCUT2D eigenvalue weighted by molar-refractivity contribution is 0.405. The summed E-state index contributed by atoms with van der Waals surface area (Å²) in [5.74, 6) is 0.593. The number of benzene rings is 1. The van der Waals surface area contributed by atoms with Gasteiger partial charge in [-0.05, 0) is 43.1 Å². The van der Waals surface area contributed by atoms with Crippen LogP contribution in [0.2, 0.25) is 0 Å². The summed E-state index contributed by atoms with van der Waals surface area (Å²) in [7, 11) is -3.70. The van der Waals surface area contributed by atoms with Crippen LogP contribution in [-0.4, -0.2) is 21.2 Å². The van der Waals surface area contributed by atoms with Crippen LogP contribution in [0.1, 0.15) is 12.7 Å². The molecule has 0 amide bonds. The van der Waals surface area contributed by atoms with E-state index in [0.29, 0.717) is 18.0 Å². The summed E-state index contributed by atoms with van der Waals surface area (Å²) in [6.07, 6.45) is 1.94. The van der Waals surface area contributed by atoms with Gasteiger partial charge in [0, 0.05) is 4.90 Å². The monoisotopic (exact) mass is 326 g/mol. The molecule has 114 valence electrons. The summed E-state index contributed by atoms with van der Waals surface area (Å²) < 4.78 is 32.4. The molecule has 1 aromatic carbocycles. The highest BCUT2D eigenvalue weighted by Gasteiger charge is 2.19. The largest absolute Gasteiger partial charge is 0.446 e. The third-order valence-electron chi connectivity index (χ3n) is 2.77. The highest BCUT2D eigenvalue weighted by atomic mass is 32.2. The van der Waals surface area contributed by atoms with Crippen LogP contribution in [0.15, 0.2) is 50.8 Å². The second-order valence-corrected chi connectivity index (χ2v) is 6.83. The summed E-state index contributed by atoms with van der Waals surface area (Å²) in [6, 6.07) is 10.3. The fraction of sp³-hybridized carbons (Fsp3) is 0.286. The summed E-state index contributed by atoms with van der Waals surface area (Å²) in [6.45, 7) is 3.28. The van der Waals surface area contributed by atoms with Gasteiger partial charge in [0.1, 0.15) is 5.76 Å². The van der Waals surface area contributed by atoms with E-state index in [-0.39, 0.29) is 5.09 Å². The van der Waals surface area contributed by atoms with Crippen LogP contribution in [0, 0.1) is 0 Å². The van der Waals surface area contributed by atoms with Crippen molar-refractivity contribution in [3.8, 4) is 0 Å². The normalized spacial score (nSPS) is 11.5. The van der Waals surface area contributed by atoms with Gasteiger partial charge in [-0.1, -0.05) is 13.0 Å². The zero-order chi connectivity index (χ0) is 15.3. The van der Waals surface area contributed by atoms with E-state index >= 15 is 0 Å². The Morgan fingerprint density at radius 2 is 2.05 bits per heavy atom. The first-order valence-corrected chi connectivity index (χ1v) is 9.22. The number of furan rings is 1. The van der Waals surface area contributed by atoms with Crippen molar-refractivity contribution < 1.29 is 12.8 Å². The first-order valence-electron chi connectivity index (χ1n) is 6.51. The van der Waals surface area contributed by atoms with Crippen LogP contribution in [0.3, 0.4) is 0 Å². The molecule has 2 N–H and O–H groups in total. The molecule has 0 aliphatic rings. The number of rotatable bonds is 7. The number of sulfonamides is 1. The van der Waals surface area contributed by atoms with Gasteiger partial charge in [0.15, 0.2) is 0 Å². The maximum absolute atomic E-state index is 12.3. The van der Waals surface area contributed by atoms with E-state index in [1.807, 2.05) is 25.3 Å². The molecular formula is C14H18N2O3S2. The summed E-state index contributed by atoms with van der Waals surface area (Å²) in [5, 5.41) is 3.00. The minimum atomic E-state index is -3.70. The molecule has 7 heteroatoms. The van der Waals surface area contributed by atoms with E-state index in [9.17, 15) is 8.42 Å². The van der Waals surface area contributed by atoms with Gasteiger partial charge in [0.25, 0.3) is 10.0 Å². The van der Waals surface area contributed by atoms with Crippen LogP contribution in [-0.2, 0) is 16.6 Å². The lowest BCUT2D eigenvalue weighted by Crippen LogP contribution is -2.13. The summed E-state index contributed by atoms with van der Waals surface area (Å²) >= 11 is 1.55. The van der Waals surface area contributed by atoms with Crippen molar-refractivity contribution in [3.05, 3.63) is 42.2 Å². The van der Waals surface area contributed by atoms with E-state index in [0.717, 1.165) is 11.4 Å². The Morgan fingerprint density at radius 3 is 2.76 bits per heavy atom. The minimum Gasteiger partial charge on any atom is -0.446 e. The van der Waals surface area contributed by atoms with E-state index < -0.39 is 10.0 Å². The molecule has 0 saturated carbocycles. The maximum atomic E-state index is 12.3. The van der Waals surface area contributed by atoms with Gasteiger partial charge in [-0.2, -0.15) is 8.42 Å². The molecule has 2 rings (SSSR count). The highest BCUT2D eigenvalue weighted by molar-refractivity contribution is 7.98. The van der Waals surface area contributed by atoms with Crippen LogP contribution in [0.4, 0.5) is 5.69 Å². The van der Waals surface area contributed by atoms with Gasteiger partial charge in [-0.3, -0.25) is 4.72 Å². The Hall–Kier alpha value is -1.44. The lowest BCUT2D eigenvalue weighted by Gasteiger charge is -2.07. The molecule has 0 saturated heterocycles. The molecule has 1 heterocycles. The number of hydrogen-bond acceptors (Lipinski definition) is 5. The standard InChI is InChI=1S/C14H18N2O3S2/c1-3-15-10-12-7-8-14(19-12)21(17,18)16-11-5-4-6-13(9-11)20-2/h4-9,15-16H,3,10H2,1-2H3. The second kappa shape index (κ2) is 7.02. The Bertz CT molecular complexity index is 696. The minimum absolute atomic E-state index is 0.0787. The molecule has 0 aliphatic carbocycles. The zero-order valence-electron chi connectivity index (χ0n) is 11.9. The van der Waals surface area contributed by atoms with Crippen LogP contribution < -0.4 is 10.0 Å². The molecule has 0 fully saturated rings. The molecule has 0 atom stereocenters. The molecular weight excluding hydrogens is 308 g/mol. The third kappa shape index (κ3) is 4.26. The van der Waals surface area contributed by atoms with Crippen LogP contribution >= 0.6 is 11.8 Å². The number of thioether (sulfide) groups is 1. The molecule has 0 radical (unpaired) electrons. The van der Waals surface area contributed by atoms with Gasteiger partial charge in [0.2, 0.25) is 5.09 Å². The molecule has 0 bridgehead atoms. The smallest absolute Gasteiger partial charge is 0.295 e. The quantitative estimate of drug-likeness (QED) is 0.766. The third-order valence-corrected chi connectivity index (χ3v) is 4.75. The van der Waals surface area contributed by atoms with Gasteiger partial charge in [-0.15, -0.1) is 11.8 Å². The fourth-order valence-corrected chi connectivity index (χ4v) is 3.20. The molecule has 2 aromatic rings. The molecule has 1 aromatic heterocycles. The highest BCUT2D eigenvalue weighted by Crippen LogP contribution is 2.22. The van der Waals surface area contributed by atoms with Crippen molar-refractivity contribution >= 4 is 27.5 Å². The first-order chi connectivity index (χ1) is 10.0. The summed E-state index contributed by atoms with van der Waals surface area (Å²) in [4.78, 5) is 0.988. The Morgan fingerprint density at radius 1 is 1.24 bits per heavy atom. The topological polar surface area (TPSA) is 71.3 Å². The zero-order valence-corrected chi connectivity index (χ0v) is 13.6. The predicted molar refractivity (Wildman–Crippen MR) is 85.1 cm³/mol. The fourth-order valence-electron chi connectivity index (χ4n) is 1.74. The lowest BCUT2D eigenvalue weighted by atomic mass is 10.3. The number of anilines is 1. The average molecular weight is 326 g/mol. The average Bonchev–Trinajstić information content (AvgIpc) is 2.94. The SMILES string of the molecule is CCNCc1ccc(S(=O)(=O)Nc2cccc(SC)c2)o1. The molecule has 0 spiro atoms. The molecule has 0 unspecified atom stereocenters. The van der Waals surface area contributed by atoms with Gasteiger partial charge < -0.3 is 9.73 Å². The van der Waals surface area contributed by atoms with E-state index in [1.165, 1.54) is 6.07 Å². The predicted octanol–water partition coefficient (Wildman–Crippen LogP) is 2.91. The number of hydrogen-bond donors (Lipinski definition) is 2. The Balaban J connectivity index is 2.15. The van der Waals surface area contributed by atoms with Crippen molar-refractivity contribution in [2.45, 2.75) is 23.5 Å². The van der Waals surface area contributed by atoms with Gasteiger partial charge >= 0.3 is 0 Å². The van der Waals surface area contributed by atoms with Gasteiger partial charge in [-0.25, -0.2) is 0 Å². The first kappa shape index (κ1) is 15.9. The second-order valence-electron chi connectivity index (χ2n) is 4.34. The van der Waals surface area contributed by atoms with Crippen molar-refractivity contribution in [1.29, 1.82) is 0 Å². The van der Waals surface area contributed by atoms with Crippen molar-refractivity contribution in [2.24, 2.45) is 0 Å². The van der Waals surface area contributed by atoms with E-state index in [4.69, 9.17) is 4.42 Å². The maximum Gasteiger partial charge on any atom is 0.295 e.